The Morgan fingerprint density at radius 2 is 2.06 bits per heavy atom. The van der Waals surface area contributed by atoms with Crippen LogP contribution in [0.15, 0.2) is 0 Å². The molecule has 2 rings (SSSR count). The van der Waals surface area contributed by atoms with Gasteiger partial charge in [-0.1, -0.05) is 13.3 Å². The van der Waals surface area contributed by atoms with Crippen molar-refractivity contribution in [2.75, 3.05) is 39.9 Å². The Balaban J connectivity index is 1.89. The molecule has 2 unspecified atom stereocenters. The van der Waals surface area contributed by atoms with E-state index in [0.717, 1.165) is 38.4 Å². The molecule has 0 amide bonds. The normalized spacial score (nSPS) is 33.2. The van der Waals surface area contributed by atoms with Crippen molar-refractivity contribution in [3.63, 3.8) is 0 Å². The van der Waals surface area contributed by atoms with Crippen molar-refractivity contribution in [1.29, 1.82) is 0 Å². The highest BCUT2D eigenvalue weighted by molar-refractivity contribution is 4.91. The predicted octanol–water partition coefficient (Wildman–Crippen LogP) is 0.458. The summed E-state index contributed by atoms with van der Waals surface area (Å²) < 4.78 is 5.32. The standard InChI is InChI=1S/C13H26N2O2/c1-3-11-8-14-9-12(11)15(2)10-13(16)4-6-17-7-5-13/h11-12,14,16H,3-10H2,1-2H3. The number of likely N-dealkylation sites (N-methyl/N-ethyl adjacent to an activating group) is 1. The van der Waals surface area contributed by atoms with Gasteiger partial charge in [-0.15, -0.1) is 0 Å². The fourth-order valence-electron chi connectivity index (χ4n) is 3.14. The van der Waals surface area contributed by atoms with Crippen LogP contribution in [0, 0.1) is 5.92 Å². The summed E-state index contributed by atoms with van der Waals surface area (Å²) in [6.45, 7) is 6.60. The molecule has 0 aromatic heterocycles. The van der Waals surface area contributed by atoms with Crippen molar-refractivity contribution in [2.24, 2.45) is 5.92 Å². The number of aliphatic hydroxyl groups is 1. The van der Waals surface area contributed by atoms with Crippen LogP contribution in [0.5, 0.6) is 0 Å². The summed E-state index contributed by atoms with van der Waals surface area (Å²) in [6, 6.07) is 0.576. The van der Waals surface area contributed by atoms with Crippen LogP contribution in [0.25, 0.3) is 0 Å². The second-order valence-corrected chi connectivity index (χ2v) is 5.65. The average Bonchev–Trinajstić information content (AvgIpc) is 2.77. The monoisotopic (exact) mass is 242 g/mol. The summed E-state index contributed by atoms with van der Waals surface area (Å²) >= 11 is 0. The third kappa shape index (κ3) is 3.19. The molecule has 0 aliphatic carbocycles. The molecule has 0 radical (unpaired) electrons. The molecular formula is C13H26N2O2. The molecule has 2 atom stereocenters. The van der Waals surface area contributed by atoms with Crippen molar-refractivity contribution in [1.82, 2.24) is 10.2 Å². The van der Waals surface area contributed by atoms with Crippen LogP contribution >= 0.6 is 0 Å². The number of nitrogens with zero attached hydrogens (tertiary/aromatic N) is 1. The Bertz CT molecular complexity index is 242. The SMILES string of the molecule is CCC1CNCC1N(C)CC1(O)CCOCC1. The molecule has 0 spiro atoms. The third-order valence-electron chi connectivity index (χ3n) is 4.36. The van der Waals surface area contributed by atoms with Gasteiger partial charge in [-0.25, -0.2) is 0 Å². The lowest BCUT2D eigenvalue weighted by Gasteiger charge is -2.38. The van der Waals surface area contributed by atoms with Crippen LogP contribution in [-0.4, -0.2) is 61.5 Å². The van der Waals surface area contributed by atoms with Crippen LogP contribution < -0.4 is 5.32 Å². The van der Waals surface area contributed by atoms with Gasteiger partial charge < -0.3 is 15.2 Å². The Morgan fingerprint density at radius 1 is 1.35 bits per heavy atom. The summed E-state index contributed by atoms with van der Waals surface area (Å²) in [5, 5.41) is 14.0. The van der Waals surface area contributed by atoms with E-state index in [0.29, 0.717) is 19.3 Å². The van der Waals surface area contributed by atoms with Gasteiger partial charge in [0, 0.05) is 45.2 Å². The van der Waals surface area contributed by atoms with Crippen LogP contribution in [0.4, 0.5) is 0 Å². The van der Waals surface area contributed by atoms with Crippen LogP contribution in [-0.2, 0) is 4.74 Å². The van der Waals surface area contributed by atoms with Crippen molar-refractivity contribution in [3.05, 3.63) is 0 Å². The number of nitrogens with one attached hydrogen (secondary N) is 1. The molecule has 17 heavy (non-hydrogen) atoms. The molecule has 0 bridgehead atoms. The van der Waals surface area contributed by atoms with E-state index < -0.39 is 5.60 Å². The van der Waals surface area contributed by atoms with Gasteiger partial charge in [0.2, 0.25) is 0 Å². The fourth-order valence-corrected chi connectivity index (χ4v) is 3.14. The lowest BCUT2D eigenvalue weighted by Crippen LogP contribution is -2.50. The van der Waals surface area contributed by atoms with Gasteiger partial charge in [0.1, 0.15) is 0 Å². The second kappa shape index (κ2) is 5.65. The van der Waals surface area contributed by atoms with Gasteiger partial charge in [0.15, 0.2) is 0 Å². The highest BCUT2D eigenvalue weighted by Gasteiger charge is 2.36. The highest BCUT2D eigenvalue weighted by Crippen LogP contribution is 2.25. The zero-order valence-electron chi connectivity index (χ0n) is 11.1. The first kappa shape index (κ1) is 13.3. The van der Waals surface area contributed by atoms with Gasteiger partial charge >= 0.3 is 0 Å². The number of ether oxygens (including phenoxy) is 1. The maximum atomic E-state index is 10.5. The minimum absolute atomic E-state index is 0.534. The lowest BCUT2D eigenvalue weighted by molar-refractivity contribution is -0.0823. The maximum absolute atomic E-state index is 10.5. The summed E-state index contributed by atoms with van der Waals surface area (Å²) in [5.41, 5.74) is -0.534. The van der Waals surface area contributed by atoms with Crippen molar-refractivity contribution in [2.45, 2.75) is 37.8 Å². The molecule has 100 valence electrons. The molecule has 2 fully saturated rings. The van der Waals surface area contributed by atoms with Crippen molar-refractivity contribution in [3.8, 4) is 0 Å². The fraction of sp³-hybridized carbons (Fsp3) is 1.00. The second-order valence-electron chi connectivity index (χ2n) is 5.65. The summed E-state index contributed by atoms with van der Waals surface area (Å²) in [7, 11) is 2.15. The minimum Gasteiger partial charge on any atom is -0.388 e. The van der Waals surface area contributed by atoms with Gasteiger partial charge in [-0.3, -0.25) is 4.90 Å². The number of hydrogen-bond acceptors (Lipinski definition) is 4. The Hall–Kier alpha value is -0.160. The predicted molar refractivity (Wildman–Crippen MR) is 68.1 cm³/mol. The first-order valence-electron chi connectivity index (χ1n) is 6.86. The molecule has 2 N–H and O–H groups in total. The lowest BCUT2D eigenvalue weighted by atomic mass is 9.92. The zero-order chi connectivity index (χ0) is 12.3. The summed E-state index contributed by atoms with van der Waals surface area (Å²) in [6.07, 6.45) is 2.76. The Kier molecular flexibility index (Phi) is 4.42. The van der Waals surface area contributed by atoms with E-state index in [-0.39, 0.29) is 0 Å². The number of rotatable bonds is 4. The van der Waals surface area contributed by atoms with E-state index in [9.17, 15) is 5.11 Å². The quantitative estimate of drug-likeness (QED) is 0.752. The van der Waals surface area contributed by atoms with Gasteiger partial charge in [0.25, 0.3) is 0 Å². The Labute approximate surface area is 104 Å². The number of hydrogen-bond donors (Lipinski definition) is 2. The third-order valence-corrected chi connectivity index (χ3v) is 4.36. The van der Waals surface area contributed by atoms with Crippen molar-refractivity contribution >= 4 is 0 Å². The van der Waals surface area contributed by atoms with Crippen molar-refractivity contribution < 1.29 is 9.84 Å². The smallest absolute Gasteiger partial charge is 0.0817 e. The van der Waals surface area contributed by atoms with Crippen LogP contribution in [0.3, 0.4) is 0 Å². The first-order valence-corrected chi connectivity index (χ1v) is 6.86. The highest BCUT2D eigenvalue weighted by atomic mass is 16.5. The molecule has 0 aromatic rings. The first-order chi connectivity index (χ1) is 8.14. The molecule has 0 aromatic carbocycles. The van der Waals surface area contributed by atoms with E-state index in [4.69, 9.17) is 4.74 Å². The minimum atomic E-state index is -0.534. The maximum Gasteiger partial charge on any atom is 0.0817 e. The van der Waals surface area contributed by atoms with Crippen LogP contribution in [0.1, 0.15) is 26.2 Å². The van der Waals surface area contributed by atoms with E-state index in [1.165, 1.54) is 6.42 Å². The molecule has 0 saturated carbocycles. The molecule has 2 aliphatic rings. The van der Waals surface area contributed by atoms with E-state index >= 15 is 0 Å². The average molecular weight is 242 g/mol. The molecule has 2 aliphatic heterocycles. The molecule has 2 heterocycles. The molecule has 2 saturated heterocycles. The molecule has 4 nitrogen and oxygen atoms in total. The Morgan fingerprint density at radius 3 is 2.71 bits per heavy atom. The summed E-state index contributed by atoms with van der Waals surface area (Å²) in [4.78, 5) is 2.35. The van der Waals surface area contributed by atoms with Gasteiger partial charge in [-0.05, 0) is 19.5 Å². The van der Waals surface area contributed by atoms with E-state index in [2.05, 4.69) is 24.2 Å². The van der Waals surface area contributed by atoms with E-state index in [1.54, 1.807) is 0 Å². The van der Waals surface area contributed by atoms with E-state index in [1.807, 2.05) is 0 Å². The zero-order valence-corrected chi connectivity index (χ0v) is 11.1. The van der Waals surface area contributed by atoms with Crippen LogP contribution in [0.2, 0.25) is 0 Å². The largest absolute Gasteiger partial charge is 0.388 e. The topological polar surface area (TPSA) is 44.7 Å². The van der Waals surface area contributed by atoms with Gasteiger partial charge in [-0.2, -0.15) is 0 Å². The molecule has 4 heteroatoms. The van der Waals surface area contributed by atoms with Gasteiger partial charge in [0.05, 0.1) is 5.60 Å². The summed E-state index contributed by atoms with van der Waals surface area (Å²) in [5.74, 6) is 0.725. The molecular weight excluding hydrogens is 216 g/mol.